The van der Waals surface area contributed by atoms with Crippen molar-refractivity contribution in [2.24, 2.45) is 11.7 Å². The molecule has 1 aromatic rings. The van der Waals surface area contributed by atoms with E-state index in [-0.39, 0.29) is 11.7 Å². The maximum absolute atomic E-state index is 12.2. The van der Waals surface area contributed by atoms with Gasteiger partial charge < -0.3 is 5.73 Å². The van der Waals surface area contributed by atoms with Gasteiger partial charge in [-0.15, -0.1) is 0 Å². The minimum Gasteiger partial charge on any atom is -0.330 e. The van der Waals surface area contributed by atoms with E-state index in [2.05, 4.69) is 0 Å². The summed E-state index contributed by atoms with van der Waals surface area (Å²) in [7, 11) is -3.28. The highest BCUT2D eigenvalue weighted by Crippen LogP contribution is 2.21. The van der Waals surface area contributed by atoms with Gasteiger partial charge >= 0.3 is 0 Å². The summed E-state index contributed by atoms with van der Waals surface area (Å²) in [5, 5.41) is 8.70. The van der Waals surface area contributed by atoms with Gasteiger partial charge in [0, 0.05) is 13.1 Å². The quantitative estimate of drug-likeness (QED) is 0.877. The lowest BCUT2D eigenvalue weighted by Gasteiger charge is -2.16. The van der Waals surface area contributed by atoms with E-state index in [9.17, 15) is 8.42 Å². The Morgan fingerprint density at radius 2 is 2.05 bits per heavy atom. The van der Waals surface area contributed by atoms with Crippen LogP contribution in [0.15, 0.2) is 24.3 Å². The molecule has 0 spiro atoms. The van der Waals surface area contributed by atoms with E-state index in [0.717, 1.165) is 6.42 Å². The second kappa shape index (κ2) is 5.70. The van der Waals surface area contributed by atoms with E-state index in [1.54, 1.807) is 24.3 Å². The SMILES string of the molecule is N#Cc1ccc(CS(=O)(=O)N2CCC(CN)C2)cc1. The molecule has 19 heavy (non-hydrogen) atoms. The first-order valence-electron chi connectivity index (χ1n) is 6.22. The predicted molar refractivity (Wildman–Crippen MR) is 72.5 cm³/mol. The monoisotopic (exact) mass is 279 g/mol. The minimum atomic E-state index is -3.28. The molecule has 1 fully saturated rings. The number of nitrogens with zero attached hydrogens (tertiary/aromatic N) is 2. The largest absolute Gasteiger partial charge is 0.330 e. The van der Waals surface area contributed by atoms with E-state index >= 15 is 0 Å². The van der Waals surface area contributed by atoms with Gasteiger partial charge in [0.25, 0.3) is 0 Å². The number of hydrogen-bond acceptors (Lipinski definition) is 4. The Hall–Kier alpha value is -1.42. The molecule has 2 rings (SSSR count). The number of nitrogens with two attached hydrogens (primary N) is 1. The van der Waals surface area contributed by atoms with Crippen molar-refractivity contribution in [1.29, 1.82) is 5.26 Å². The Morgan fingerprint density at radius 3 is 2.58 bits per heavy atom. The highest BCUT2D eigenvalue weighted by Gasteiger charge is 2.30. The maximum Gasteiger partial charge on any atom is 0.218 e. The second-order valence-corrected chi connectivity index (χ2v) is 6.78. The zero-order valence-corrected chi connectivity index (χ0v) is 11.4. The Balaban J connectivity index is 2.07. The van der Waals surface area contributed by atoms with E-state index < -0.39 is 10.0 Å². The maximum atomic E-state index is 12.2. The Kier molecular flexibility index (Phi) is 4.20. The fourth-order valence-corrected chi connectivity index (χ4v) is 3.84. The molecule has 0 bridgehead atoms. The van der Waals surface area contributed by atoms with Gasteiger partial charge in [-0.1, -0.05) is 12.1 Å². The topological polar surface area (TPSA) is 87.2 Å². The highest BCUT2D eigenvalue weighted by molar-refractivity contribution is 7.88. The van der Waals surface area contributed by atoms with Crippen LogP contribution in [0.3, 0.4) is 0 Å². The van der Waals surface area contributed by atoms with Gasteiger partial charge in [-0.25, -0.2) is 12.7 Å². The molecule has 1 aliphatic heterocycles. The molecule has 0 radical (unpaired) electrons. The molecule has 1 saturated heterocycles. The van der Waals surface area contributed by atoms with Crippen LogP contribution in [-0.2, 0) is 15.8 Å². The van der Waals surface area contributed by atoms with Crippen molar-refractivity contribution in [3.63, 3.8) is 0 Å². The molecule has 1 heterocycles. The highest BCUT2D eigenvalue weighted by atomic mass is 32.2. The van der Waals surface area contributed by atoms with Crippen molar-refractivity contribution < 1.29 is 8.42 Å². The average molecular weight is 279 g/mol. The van der Waals surface area contributed by atoms with Crippen LogP contribution in [0.5, 0.6) is 0 Å². The van der Waals surface area contributed by atoms with E-state index in [4.69, 9.17) is 11.0 Å². The van der Waals surface area contributed by atoms with Gasteiger partial charge in [-0.2, -0.15) is 5.26 Å². The predicted octanol–water partition coefficient (Wildman–Crippen LogP) is 0.669. The first kappa shape index (κ1) is 14.0. The third kappa shape index (κ3) is 3.32. The summed E-state index contributed by atoms with van der Waals surface area (Å²) in [5.74, 6) is 0.256. The molecule has 1 aromatic carbocycles. The standard InChI is InChI=1S/C13H17N3O2S/c14-7-11-1-3-12(4-2-11)10-19(17,18)16-6-5-13(8-15)9-16/h1-4,13H,5-6,8-10,15H2. The molecule has 2 N–H and O–H groups in total. The van der Waals surface area contributed by atoms with Crippen molar-refractivity contribution in [1.82, 2.24) is 4.31 Å². The van der Waals surface area contributed by atoms with Gasteiger partial charge in [-0.3, -0.25) is 0 Å². The molecule has 5 nitrogen and oxygen atoms in total. The van der Waals surface area contributed by atoms with Crippen LogP contribution in [-0.4, -0.2) is 32.4 Å². The van der Waals surface area contributed by atoms with Gasteiger partial charge in [0.05, 0.1) is 17.4 Å². The third-order valence-electron chi connectivity index (χ3n) is 3.41. The molecule has 102 valence electrons. The second-order valence-electron chi connectivity index (χ2n) is 4.81. The van der Waals surface area contributed by atoms with E-state index in [0.29, 0.717) is 30.8 Å². The smallest absolute Gasteiger partial charge is 0.218 e. The van der Waals surface area contributed by atoms with Crippen molar-refractivity contribution in [2.45, 2.75) is 12.2 Å². The Morgan fingerprint density at radius 1 is 1.37 bits per heavy atom. The van der Waals surface area contributed by atoms with Gasteiger partial charge in [0.15, 0.2) is 0 Å². The van der Waals surface area contributed by atoms with Crippen molar-refractivity contribution in [3.8, 4) is 6.07 Å². The van der Waals surface area contributed by atoms with Gasteiger partial charge in [0.2, 0.25) is 10.0 Å². The van der Waals surface area contributed by atoms with Crippen LogP contribution in [0.25, 0.3) is 0 Å². The number of rotatable bonds is 4. The lowest BCUT2D eigenvalue weighted by molar-refractivity contribution is 0.458. The first-order valence-corrected chi connectivity index (χ1v) is 7.83. The summed E-state index contributed by atoms with van der Waals surface area (Å²) in [6, 6.07) is 8.66. The van der Waals surface area contributed by atoms with Crippen LogP contribution in [0, 0.1) is 17.2 Å². The molecule has 6 heteroatoms. The van der Waals surface area contributed by atoms with Crippen molar-refractivity contribution in [2.75, 3.05) is 19.6 Å². The van der Waals surface area contributed by atoms with Crippen molar-refractivity contribution in [3.05, 3.63) is 35.4 Å². The van der Waals surface area contributed by atoms with E-state index in [1.165, 1.54) is 4.31 Å². The molecule has 0 aliphatic carbocycles. The summed E-state index contributed by atoms with van der Waals surface area (Å²) in [6.07, 6.45) is 0.836. The summed E-state index contributed by atoms with van der Waals surface area (Å²) in [4.78, 5) is 0. The number of nitriles is 1. The first-order chi connectivity index (χ1) is 9.05. The third-order valence-corrected chi connectivity index (χ3v) is 5.22. The van der Waals surface area contributed by atoms with Crippen LogP contribution < -0.4 is 5.73 Å². The summed E-state index contributed by atoms with van der Waals surface area (Å²) in [5.41, 5.74) is 6.81. The fraction of sp³-hybridized carbons (Fsp3) is 0.462. The summed E-state index contributed by atoms with van der Waals surface area (Å²) in [6.45, 7) is 1.61. The number of sulfonamides is 1. The Bertz CT molecular complexity index is 575. The molecule has 0 aromatic heterocycles. The average Bonchev–Trinajstić information content (AvgIpc) is 2.89. The van der Waals surface area contributed by atoms with Crippen LogP contribution in [0.1, 0.15) is 17.5 Å². The van der Waals surface area contributed by atoms with E-state index in [1.807, 2.05) is 6.07 Å². The fourth-order valence-electron chi connectivity index (χ4n) is 2.22. The molecule has 1 atom stereocenters. The van der Waals surface area contributed by atoms with Gasteiger partial charge in [-0.05, 0) is 36.6 Å². The normalized spacial score (nSPS) is 20.3. The summed E-state index contributed by atoms with van der Waals surface area (Å²) >= 11 is 0. The van der Waals surface area contributed by atoms with Crippen molar-refractivity contribution >= 4 is 10.0 Å². The molecular formula is C13H17N3O2S. The lowest BCUT2D eigenvalue weighted by atomic mass is 10.1. The molecule has 1 unspecified atom stereocenters. The summed E-state index contributed by atoms with van der Waals surface area (Å²) < 4.78 is 26.0. The Labute approximate surface area is 113 Å². The zero-order chi connectivity index (χ0) is 13.9. The molecular weight excluding hydrogens is 262 g/mol. The molecule has 0 saturated carbocycles. The van der Waals surface area contributed by atoms with Crippen LogP contribution in [0.4, 0.5) is 0 Å². The number of benzene rings is 1. The molecule has 0 amide bonds. The van der Waals surface area contributed by atoms with Crippen LogP contribution in [0.2, 0.25) is 0 Å². The zero-order valence-electron chi connectivity index (χ0n) is 10.6. The number of hydrogen-bond donors (Lipinski definition) is 1. The molecule has 1 aliphatic rings. The van der Waals surface area contributed by atoms with Gasteiger partial charge in [0.1, 0.15) is 0 Å². The lowest BCUT2D eigenvalue weighted by Crippen LogP contribution is -2.31. The van der Waals surface area contributed by atoms with Crippen LogP contribution >= 0.6 is 0 Å². The minimum absolute atomic E-state index is 0.0179.